The number of methoxy groups -OCH3 is 1. The van der Waals surface area contributed by atoms with E-state index in [9.17, 15) is 4.79 Å². The molecule has 3 aromatic rings. The minimum atomic E-state index is 0.146. The fraction of sp³-hybridized carbons (Fsp3) is 0.381. The Hall–Kier alpha value is -1.77. The van der Waals surface area contributed by atoms with Crippen molar-refractivity contribution in [3.63, 3.8) is 0 Å². The molecule has 29 heavy (non-hydrogen) atoms. The molecule has 0 saturated heterocycles. The molecule has 8 heteroatoms. The molecule has 0 N–H and O–H groups in total. The van der Waals surface area contributed by atoms with E-state index in [1.165, 1.54) is 28.7 Å². The zero-order chi connectivity index (χ0) is 20.8. The van der Waals surface area contributed by atoms with Gasteiger partial charge >= 0.3 is 0 Å². The lowest BCUT2D eigenvalue weighted by atomic mass is 10.2. The lowest BCUT2D eigenvalue weighted by molar-refractivity contribution is 0.102. The molecule has 2 heterocycles. The van der Waals surface area contributed by atoms with E-state index in [-0.39, 0.29) is 5.78 Å². The van der Waals surface area contributed by atoms with Crippen LogP contribution in [0.2, 0.25) is 0 Å². The third-order valence-corrected chi connectivity index (χ3v) is 7.82. The van der Waals surface area contributed by atoms with Gasteiger partial charge in [0.25, 0.3) is 0 Å². The number of aromatic nitrogens is 3. The van der Waals surface area contributed by atoms with Crippen molar-refractivity contribution in [3.8, 4) is 5.75 Å². The summed E-state index contributed by atoms with van der Waals surface area (Å²) in [4.78, 5) is 12.7. The van der Waals surface area contributed by atoms with Crippen molar-refractivity contribution >= 4 is 40.6 Å². The summed E-state index contributed by atoms with van der Waals surface area (Å²) in [5.41, 5.74) is 4.23. The molecule has 3 rings (SSSR count). The quantitative estimate of drug-likeness (QED) is 0.296. The second-order valence-corrected chi connectivity index (χ2v) is 10.0. The molecule has 5 nitrogen and oxygen atoms in total. The Morgan fingerprint density at radius 2 is 1.83 bits per heavy atom. The van der Waals surface area contributed by atoms with E-state index >= 15 is 0 Å². The van der Waals surface area contributed by atoms with Crippen molar-refractivity contribution in [2.24, 2.45) is 0 Å². The molecule has 0 aliphatic rings. The number of nitrogens with zero attached hydrogens (tertiary/aromatic N) is 3. The normalized spacial score (nSPS) is 11.0. The Labute approximate surface area is 184 Å². The molecule has 0 spiro atoms. The molecule has 0 unspecified atom stereocenters. The molecular formula is C21H25N3O2S3. The first kappa shape index (κ1) is 21.9. The van der Waals surface area contributed by atoms with E-state index in [0.717, 1.165) is 50.1 Å². The summed E-state index contributed by atoms with van der Waals surface area (Å²) in [6.45, 7) is 7.18. The monoisotopic (exact) mass is 447 g/mol. The molecule has 0 aliphatic heterocycles. The Morgan fingerprint density at radius 1 is 1.14 bits per heavy atom. The number of ketones is 1. The van der Waals surface area contributed by atoms with Gasteiger partial charge in [0.1, 0.15) is 5.75 Å². The van der Waals surface area contributed by atoms with E-state index in [2.05, 4.69) is 40.7 Å². The smallest absolute Gasteiger partial charge is 0.175 e. The maximum atomic E-state index is 12.7. The second-order valence-electron chi connectivity index (χ2n) is 6.62. The number of benzene rings is 1. The molecule has 0 saturated carbocycles. The van der Waals surface area contributed by atoms with E-state index in [4.69, 9.17) is 4.74 Å². The molecule has 0 radical (unpaired) electrons. The Balaban J connectivity index is 1.53. The van der Waals surface area contributed by atoms with Crippen molar-refractivity contribution in [2.75, 3.05) is 12.9 Å². The summed E-state index contributed by atoms with van der Waals surface area (Å²) in [6, 6.07) is 10.0. The lowest BCUT2D eigenvalue weighted by Gasteiger charge is -2.07. The van der Waals surface area contributed by atoms with E-state index in [1.54, 1.807) is 18.9 Å². The van der Waals surface area contributed by atoms with Crippen LogP contribution < -0.4 is 4.74 Å². The fourth-order valence-corrected chi connectivity index (χ4v) is 5.90. The first-order chi connectivity index (χ1) is 14.0. The van der Waals surface area contributed by atoms with Gasteiger partial charge in [-0.25, -0.2) is 0 Å². The highest BCUT2D eigenvalue weighted by atomic mass is 32.2. The minimum Gasteiger partial charge on any atom is -0.497 e. The fourth-order valence-electron chi connectivity index (χ4n) is 3.04. The summed E-state index contributed by atoms with van der Waals surface area (Å²) in [5.74, 6) is 2.21. The zero-order valence-electron chi connectivity index (χ0n) is 17.1. The minimum absolute atomic E-state index is 0.146. The lowest BCUT2D eigenvalue weighted by Crippen LogP contribution is -2.06. The second kappa shape index (κ2) is 10.3. The summed E-state index contributed by atoms with van der Waals surface area (Å²) >= 11 is 4.66. The molecular weight excluding hydrogens is 422 g/mol. The maximum absolute atomic E-state index is 12.7. The number of rotatable bonds is 10. The predicted octanol–water partition coefficient (Wildman–Crippen LogP) is 5.64. The van der Waals surface area contributed by atoms with E-state index in [0.29, 0.717) is 5.75 Å². The Morgan fingerprint density at radius 3 is 2.48 bits per heavy atom. The van der Waals surface area contributed by atoms with Crippen LogP contribution >= 0.6 is 34.9 Å². The number of carbonyl (C=O) groups excluding carboxylic acids is 1. The van der Waals surface area contributed by atoms with Gasteiger partial charge in [-0.15, -0.1) is 10.2 Å². The van der Waals surface area contributed by atoms with Gasteiger partial charge in [0.15, 0.2) is 14.5 Å². The van der Waals surface area contributed by atoms with Crippen LogP contribution in [0.25, 0.3) is 0 Å². The topological polar surface area (TPSA) is 57.0 Å². The number of ether oxygens (including phenoxy) is 1. The zero-order valence-corrected chi connectivity index (χ0v) is 19.5. The van der Waals surface area contributed by atoms with Crippen LogP contribution in [-0.2, 0) is 12.3 Å². The van der Waals surface area contributed by atoms with Crippen LogP contribution in [0.1, 0.15) is 40.7 Å². The van der Waals surface area contributed by atoms with Crippen LogP contribution in [0.15, 0.2) is 39.0 Å². The maximum Gasteiger partial charge on any atom is 0.175 e. The SMILES string of the molecule is CCCn1c(C)cc(C(=O)CSc2nnc(SCc3ccc(OC)cc3)s2)c1C. The van der Waals surface area contributed by atoms with Gasteiger partial charge < -0.3 is 9.30 Å². The van der Waals surface area contributed by atoms with Gasteiger partial charge in [-0.1, -0.05) is 53.9 Å². The largest absolute Gasteiger partial charge is 0.497 e. The van der Waals surface area contributed by atoms with Crippen molar-refractivity contribution in [2.45, 2.75) is 48.2 Å². The molecule has 0 fully saturated rings. The van der Waals surface area contributed by atoms with Gasteiger partial charge in [-0.05, 0) is 44.0 Å². The van der Waals surface area contributed by atoms with Gasteiger partial charge in [-0.2, -0.15) is 0 Å². The van der Waals surface area contributed by atoms with Crippen molar-refractivity contribution in [3.05, 3.63) is 52.8 Å². The number of carbonyl (C=O) groups is 1. The first-order valence-corrected chi connectivity index (χ1v) is 12.2. The molecule has 0 bridgehead atoms. The predicted molar refractivity (Wildman–Crippen MR) is 122 cm³/mol. The third kappa shape index (κ3) is 5.65. The molecule has 0 aliphatic carbocycles. The average molecular weight is 448 g/mol. The third-order valence-electron chi connectivity index (χ3n) is 4.56. The van der Waals surface area contributed by atoms with Gasteiger partial charge in [-0.3, -0.25) is 4.79 Å². The number of Topliss-reactive ketones (excluding diaryl/α,β-unsaturated/α-hetero) is 1. The Bertz CT molecular complexity index is 964. The van der Waals surface area contributed by atoms with Crippen molar-refractivity contribution in [1.29, 1.82) is 0 Å². The summed E-state index contributed by atoms with van der Waals surface area (Å²) < 4.78 is 9.15. The Kier molecular flexibility index (Phi) is 7.80. The summed E-state index contributed by atoms with van der Waals surface area (Å²) in [6.07, 6.45) is 1.06. The number of hydrogen-bond acceptors (Lipinski definition) is 7. The molecule has 0 atom stereocenters. The number of thioether (sulfide) groups is 2. The van der Waals surface area contributed by atoms with Crippen LogP contribution in [0.3, 0.4) is 0 Å². The molecule has 154 valence electrons. The van der Waals surface area contributed by atoms with Gasteiger partial charge in [0.2, 0.25) is 0 Å². The average Bonchev–Trinajstić information content (AvgIpc) is 3.30. The summed E-state index contributed by atoms with van der Waals surface area (Å²) in [7, 11) is 1.66. The van der Waals surface area contributed by atoms with E-state index in [1.807, 2.05) is 25.1 Å². The van der Waals surface area contributed by atoms with E-state index < -0.39 is 0 Å². The van der Waals surface area contributed by atoms with Gasteiger partial charge in [0.05, 0.1) is 12.9 Å². The molecule has 2 aromatic heterocycles. The first-order valence-electron chi connectivity index (χ1n) is 9.43. The summed E-state index contributed by atoms with van der Waals surface area (Å²) in [5, 5.41) is 8.48. The molecule has 1 aromatic carbocycles. The van der Waals surface area contributed by atoms with Crippen molar-refractivity contribution in [1.82, 2.24) is 14.8 Å². The van der Waals surface area contributed by atoms with Crippen LogP contribution in [0.4, 0.5) is 0 Å². The standard InChI is InChI=1S/C21H25N3O2S3/c1-5-10-24-14(2)11-18(15(24)3)19(25)13-28-21-23-22-20(29-21)27-12-16-6-8-17(26-4)9-7-16/h6-9,11H,5,10,12-13H2,1-4H3. The van der Waals surface area contributed by atoms with Crippen LogP contribution in [0.5, 0.6) is 5.75 Å². The highest BCUT2D eigenvalue weighted by Gasteiger charge is 2.16. The highest BCUT2D eigenvalue weighted by molar-refractivity contribution is 8.03. The highest BCUT2D eigenvalue weighted by Crippen LogP contribution is 2.31. The van der Waals surface area contributed by atoms with Crippen LogP contribution in [-0.4, -0.2) is 33.4 Å². The number of aryl methyl sites for hydroxylation is 1. The number of hydrogen-bond donors (Lipinski definition) is 0. The van der Waals surface area contributed by atoms with Crippen molar-refractivity contribution < 1.29 is 9.53 Å². The molecule has 0 amide bonds. The van der Waals surface area contributed by atoms with Gasteiger partial charge in [0, 0.05) is 29.2 Å². The van der Waals surface area contributed by atoms with Crippen LogP contribution in [0, 0.1) is 13.8 Å².